The highest BCUT2D eigenvalue weighted by Gasteiger charge is 2.09. The van der Waals surface area contributed by atoms with Crippen LogP contribution in [0.5, 0.6) is 0 Å². The van der Waals surface area contributed by atoms with Crippen molar-refractivity contribution < 1.29 is 14.3 Å². The summed E-state index contributed by atoms with van der Waals surface area (Å²) in [5.41, 5.74) is 1.63. The van der Waals surface area contributed by atoms with Crippen LogP contribution in [0.3, 0.4) is 0 Å². The monoisotopic (exact) mass is 381 g/mol. The summed E-state index contributed by atoms with van der Waals surface area (Å²) in [6, 6.07) is 13.8. The maximum absolute atomic E-state index is 12.0. The molecule has 0 aliphatic carbocycles. The van der Waals surface area contributed by atoms with Crippen LogP contribution in [0.15, 0.2) is 48.5 Å². The number of hydrogen-bond acceptors (Lipinski definition) is 3. The molecule has 5 heteroatoms. The lowest BCUT2D eigenvalue weighted by atomic mass is 10.1. The highest BCUT2D eigenvalue weighted by molar-refractivity contribution is 14.1. The number of amides is 1. The molecule has 0 aliphatic heterocycles. The van der Waals surface area contributed by atoms with Crippen molar-refractivity contribution in [2.24, 2.45) is 0 Å². The van der Waals surface area contributed by atoms with Crippen LogP contribution in [-0.4, -0.2) is 19.0 Å². The highest BCUT2D eigenvalue weighted by atomic mass is 127. The fourth-order valence-corrected chi connectivity index (χ4v) is 1.97. The molecule has 20 heavy (non-hydrogen) atoms. The van der Waals surface area contributed by atoms with Gasteiger partial charge in [-0.15, -0.1) is 0 Å². The van der Waals surface area contributed by atoms with Crippen LogP contribution in [0.2, 0.25) is 0 Å². The minimum absolute atomic E-state index is 0.220. The molecular formula is C15H12INO3. The number of esters is 1. The first kappa shape index (κ1) is 14.5. The number of rotatable bonds is 3. The summed E-state index contributed by atoms with van der Waals surface area (Å²) in [4.78, 5) is 23.3. The Labute approximate surface area is 130 Å². The van der Waals surface area contributed by atoms with E-state index in [1.807, 2.05) is 24.3 Å². The molecule has 2 rings (SSSR count). The van der Waals surface area contributed by atoms with Crippen molar-refractivity contribution in [2.75, 3.05) is 12.4 Å². The quantitative estimate of drug-likeness (QED) is 0.656. The molecule has 1 N–H and O–H groups in total. The first-order valence-corrected chi connectivity index (χ1v) is 6.93. The number of nitrogens with one attached hydrogen (secondary N) is 1. The van der Waals surface area contributed by atoms with Gasteiger partial charge >= 0.3 is 5.97 Å². The largest absolute Gasteiger partial charge is 0.465 e. The number of halogens is 1. The standard InChI is InChI=1S/C15H12INO3/c1-20-15(19)11-4-2-10(3-5-11)14(18)17-13-8-6-12(16)7-9-13/h2-9H,1H3,(H,17,18). The van der Waals surface area contributed by atoms with Gasteiger partial charge in [-0.3, -0.25) is 4.79 Å². The molecule has 1 amide bonds. The molecule has 0 bridgehead atoms. The van der Waals surface area contributed by atoms with Crippen LogP contribution in [0.25, 0.3) is 0 Å². The molecule has 2 aromatic carbocycles. The Kier molecular flexibility index (Phi) is 4.73. The van der Waals surface area contributed by atoms with Gasteiger partial charge < -0.3 is 10.1 Å². The number of ether oxygens (including phenoxy) is 1. The first-order valence-electron chi connectivity index (χ1n) is 5.85. The highest BCUT2D eigenvalue weighted by Crippen LogP contribution is 2.13. The van der Waals surface area contributed by atoms with Gasteiger partial charge in [0.2, 0.25) is 0 Å². The van der Waals surface area contributed by atoms with Crippen LogP contribution in [0.4, 0.5) is 5.69 Å². The third kappa shape index (κ3) is 3.57. The summed E-state index contributed by atoms with van der Waals surface area (Å²) in [6.07, 6.45) is 0. The molecular weight excluding hydrogens is 369 g/mol. The normalized spacial score (nSPS) is 9.90. The number of carbonyl (C=O) groups is 2. The van der Waals surface area contributed by atoms with Crippen molar-refractivity contribution >= 4 is 40.2 Å². The van der Waals surface area contributed by atoms with Gasteiger partial charge in [-0.1, -0.05) is 0 Å². The van der Waals surface area contributed by atoms with Crippen molar-refractivity contribution in [3.63, 3.8) is 0 Å². The van der Waals surface area contributed by atoms with E-state index in [1.165, 1.54) is 7.11 Å². The molecule has 102 valence electrons. The van der Waals surface area contributed by atoms with E-state index in [0.29, 0.717) is 11.1 Å². The molecule has 0 fully saturated rings. The zero-order valence-electron chi connectivity index (χ0n) is 10.7. The fraction of sp³-hybridized carbons (Fsp3) is 0.0667. The van der Waals surface area contributed by atoms with Crippen molar-refractivity contribution in [1.82, 2.24) is 0 Å². The lowest BCUT2D eigenvalue weighted by molar-refractivity contribution is 0.0600. The second-order valence-electron chi connectivity index (χ2n) is 4.03. The van der Waals surface area contributed by atoms with Gasteiger partial charge in [0, 0.05) is 14.8 Å². The van der Waals surface area contributed by atoms with Crippen molar-refractivity contribution in [3.8, 4) is 0 Å². The fourth-order valence-electron chi connectivity index (χ4n) is 1.61. The molecule has 2 aromatic rings. The average Bonchev–Trinajstić information content (AvgIpc) is 2.49. The molecule has 0 spiro atoms. The van der Waals surface area contributed by atoms with Crippen LogP contribution >= 0.6 is 22.6 Å². The van der Waals surface area contributed by atoms with Gasteiger partial charge in [-0.2, -0.15) is 0 Å². The Bertz CT molecular complexity index is 621. The number of anilines is 1. The van der Waals surface area contributed by atoms with Gasteiger partial charge in [-0.25, -0.2) is 4.79 Å². The van der Waals surface area contributed by atoms with Crippen LogP contribution in [0, 0.1) is 3.57 Å². The second-order valence-corrected chi connectivity index (χ2v) is 5.28. The zero-order chi connectivity index (χ0) is 14.5. The second kappa shape index (κ2) is 6.51. The first-order chi connectivity index (χ1) is 9.60. The summed E-state index contributed by atoms with van der Waals surface area (Å²) in [5, 5.41) is 2.79. The Hall–Kier alpha value is -1.89. The van der Waals surface area contributed by atoms with Crippen molar-refractivity contribution in [2.45, 2.75) is 0 Å². The summed E-state index contributed by atoms with van der Waals surface area (Å²) < 4.78 is 5.70. The summed E-state index contributed by atoms with van der Waals surface area (Å²) in [5.74, 6) is -0.641. The number of methoxy groups -OCH3 is 1. The predicted octanol–water partition coefficient (Wildman–Crippen LogP) is 3.33. The van der Waals surface area contributed by atoms with E-state index >= 15 is 0 Å². The molecule has 0 saturated carbocycles. The third-order valence-corrected chi connectivity index (χ3v) is 3.39. The number of hydrogen-bond donors (Lipinski definition) is 1. The van der Waals surface area contributed by atoms with E-state index in [9.17, 15) is 9.59 Å². The van der Waals surface area contributed by atoms with Crippen LogP contribution in [0.1, 0.15) is 20.7 Å². The third-order valence-electron chi connectivity index (χ3n) is 2.67. The van der Waals surface area contributed by atoms with Gasteiger partial charge in [0.15, 0.2) is 0 Å². The minimum atomic E-state index is -0.422. The van der Waals surface area contributed by atoms with Crippen molar-refractivity contribution in [1.29, 1.82) is 0 Å². The van der Waals surface area contributed by atoms with Gasteiger partial charge in [0.1, 0.15) is 0 Å². The van der Waals surface area contributed by atoms with E-state index in [4.69, 9.17) is 0 Å². The molecule has 4 nitrogen and oxygen atoms in total. The van der Waals surface area contributed by atoms with E-state index in [-0.39, 0.29) is 5.91 Å². The van der Waals surface area contributed by atoms with Crippen molar-refractivity contribution in [3.05, 3.63) is 63.2 Å². The van der Waals surface area contributed by atoms with E-state index in [0.717, 1.165) is 9.26 Å². The van der Waals surface area contributed by atoms with Crippen LogP contribution in [-0.2, 0) is 4.74 Å². The molecule has 0 aliphatic rings. The Morgan fingerprint density at radius 2 is 1.50 bits per heavy atom. The minimum Gasteiger partial charge on any atom is -0.465 e. The maximum Gasteiger partial charge on any atom is 0.337 e. The molecule has 0 aromatic heterocycles. The topological polar surface area (TPSA) is 55.4 Å². The van der Waals surface area contributed by atoms with Gasteiger partial charge in [0.25, 0.3) is 5.91 Å². The summed E-state index contributed by atoms with van der Waals surface area (Å²) >= 11 is 2.20. The smallest absolute Gasteiger partial charge is 0.337 e. The molecule has 0 heterocycles. The molecule has 0 atom stereocenters. The number of carbonyl (C=O) groups excluding carboxylic acids is 2. The zero-order valence-corrected chi connectivity index (χ0v) is 12.9. The van der Waals surface area contributed by atoms with E-state index in [1.54, 1.807) is 24.3 Å². The maximum atomic E-state index is 12.0. The Morgan fingerprint density at radius 1 is 0.950 bits per heavy atom. The lowest BCUT2D eigenvalue weighted by Crippen LogP contribution is -2.12. The Morgan fingerprint density at radius 3 is 2.05 bits per heavy atom. The molecule has 0 unspecified atom stereocenters. The summed E-state index contributed by atoms with van der Waals surface area (Å²) in [6.45, 7) is 0. The number of benzene rings is 2. The molecule has 0 saturated heterocycles. The van der Waals surface area contributed by atoms with Crippen LogP contribution < -0.4 is 5.32 Å². The Balaban J connectivity index is 2.09. The molecule has 0 radical (unpaired) electrons. The SMILES string of the molecule is COC(=O)c1ccc(C(=O)Nc2ccc(I)cc2)cc1. The lowest BCUT2D eigenvalue weighted by Gasteiger charge is -2.06. The van der Waals surface area contributed by atoms with Gasteiger partial charge in [0.05, 0.1) is 12.7 Å². The van der Waals surface area contributed by atoms with Gasteiger partial charge in [-0.05, 0) is 71.1 Å². The van der Waals surface area contributed by atoms with E-state index < -0.39 is 5.97 Å². The predicted molar refractivity (Wildman–Crippen MR) is 84.9 cm³/mol. The summed E-state index contributed by atoms with van der Waals surface area (Å²) in [7, 11) is 1.32. The average molecular weight is 381 g/mol. The van der Waals surface area contributed by atoms with E-state index in [2.05, 4.69) is 32.6 Å².